The molecular weight excluding hydrogens is 163 g/mol. The summed E-state index contributed by atoms with van der Waals surface area (Å²) in [6, 6.07) is 0. The van der Waals surface area contributed by atoms with Crippen molar-refractivity contribution in [1.82, 2.24) is 0 Å². The second-order valence-electron chi connectivity index (χ2n) is 3.39. The number of carbonyl (C=O) groups excluding carboxylic acids is 2. The van der Waals surface area contributed by atoms with Gasteiger partial charge in [0.05, 0.1) is 0 Å². The van der Waals surface area contributed by atoms with E-state index in [4.69, 9.17) is 0 Å². The molecule has 0 saturated carbocycles. The summed E-state index contributed by atoms with van der Waals surface area (Å²) in [5, 5.41) is 0. The first-order chi connectivity index (χ1) is 6.17. The zero-order valence-electron chi connectivity index (χ0n) is 8.93. The van der Waals surface area contributed by atoms with Gasteiger partial charge in [0.2, 0.25) is 0 Å². The van der Waals surface area contributed by atoms with Crippen LogP contribution >= 0.6 is 0 Å². The molecule has 0 unspecified atom stereocenters. The van der Waals surface area contributed by atoms with Gasteiger partial charge in [-0.2, -0.15) is 0 Å². The minimum Gasteiger partial charge on any atom is -0.310 e. The van der Waals surface area contributed by atoms with Crippen molar-refractivity contribution in [2.45, 2.75) is 52.8 Å². The lowest BCUT2D eigenvalue weighted by Gasteiger charge is -2.07. The maximum absolute atomic E-state index is 11.5. The SMILES string of the molecule is CCCC(=O)B(CC)C(=O)CCC. The van der Waals surface area contributed by atoms with E-state index in [-0.39, 0.29) is 18.1 Å². The molecular formula is C10H19BO2. The minimum absolute atomic E-state index is 0.128. The van der Waals surface area contributed by atoms with Crippen LogP contribution < -0.4 is 0 Å². The van der Waals surface area contributed by atoms with Crippen molar-refractivity contribution >= 4 is 18.1 Å². The maximum Gasteiger partial charge on any atom is 0.301 e. The van der Waals surface area contributed by atoms with Crippen molar-refractivity contribution in [2.24, 2.45) is 0 Å². The first-order valence-electron chi connectivity index (χ1n) is 5.22. The van der Waals surface area contributed by atoms with E-state index < -0.39 is 0 Å². The summed E-state index contributed by atoms with van der Waals surface area (Å²) in [4.78, 5) is 22.9. The van der Waals surface area contributed by atoms with Crippen LogP contribution in [0.5, 0.6) is 0 Å². The molecule has 0 aromatic carbocycles. The first kappa shape index (κ1) is 12.4. The molecule has 0 aliphatic carbocycles. The lowest BCUT2D eigenvalue weighted by atomic mass is 9.40. The van der Waals surface area contributed by atoms with E-state index in [0.29, 0.717) is 19.2 Å². The van der Waals surface area contributed by atoms with Gasteiger partial charge in [-0.3, -0.25) is 0 Å². The number of carbonyl (C=O) groups is 2. The van der Waals surface area contributed by atoms with Crippen LogP contribution in [0.15, 0.2) is 0 Å². The first-order valence-corrected chi connectivity index (χ1v) is 5.22. The van der Waals surface area contributed by atoms with Gasteiger partial charge in [0, 0.05) is 0 Å². The van der Waals surface area contributed by atoms with E-state index in [1.54, 1.807) is 0 Å². The Bertz CT molecular complexity index is 160. The van der Waals surface area contributed by atoms with Crippen LogP contribution in [0, 0.1) is 0 Å². The molecule has 0 rings (SSSR count). The fourth-order valence-corrected chi connectivity index (χ4v) is 1.48. The van der Waals surface area contributed by atoms with Gasteiger partial charge in [-0.1, -0.05) is 39.9 Å². The quantitative estimate of drug-likeness (QED) is 0.566. The summed E-state index contributed by atoms with van der Waals surface area (Å²) in [5.41, 5.74) is 0.256. The van der Waals surface area contributed by atoms with Crippen molar-refractivity contribution in [3.8, 4) is 0 Å². The molecule has 3 heteroatoms. The Balaban J connectivity index is 4.15. The van der Waals surface area contributed by atoms with E-state index in [0.717, 1.165) is 12.8 Å². The fraction of sp³-hybridized carbons (Fsp3) is 0.800. The summed E-state index contributed by atoms with van der Waals surface area (Å²) in [5.74, 6) is 0. The Hall–Kier alpha value is -0.595. The summed E-state index contributed by atoms with van der Waals surface area (Å²) >= 11 is 0. The third-order valence-electron chi connectivity index (χ3n) is 2.18. The highest BCUT2D eigenvalue weighted by Gasteiger charge is 2.27. The monoisotopic (exact) mass is 182 g/mol. The highest BCUT2D eigenvalue weighted by atomic mass is 16.1. The van der Waals surface area contributed by atoms with Crippen LogP contribution in [-0.4, -0.2) is 18.1 Å². The van der Waals surface area contributed by atoms with Crippen molar-refractivity contribution in [3.05, 3.63) is 0 Å². The lowest BCUT2D eigenvalue weighted by Crippen LogP contribution is -2.34. The third kappa shape index (κ3) is 4.25. The molecule has 0 saturated heterocycles. The van der Waals surface area contributed by atoms with Gasteiger partial charge in [0.1, 0.15) is 11.4 Å². The van der Waals surface area contributed by atoms with Crippen LogP contribution in [0.1, 0.15) is 46.5 Å². The van der Waals surface area contributed by atoms with E-state index in [1.165, 1.54) is 0 Å². The molecule has 0 atom stereocenters. The number of rotatable bonds is 7. The highest BCUT2D eigenvalue weighted by Crippen LogP contribution is 2.04. The lowest BCUT2D eigenvalue weighted by molar-refractivity contribution is -0.115. The standard InChI is InChI=1S/C10H19BO2/c1-4-7-9(12)11(6-3)10(13)8-5-2/h4-8H2,1-3H3. The average molecular weight is 182 g/mol. The van der Waals surface area contributed by atoms with Crippen LogP contribution in [-0.2, 0) is 9.59 Å². The van der Waals surface area contributed by atoms with E-state index >= 15 is 0 Å². The molecule has 0 bridgehead atoms. The topological polar surface area (TPSA) is 34.1 Å². The number of hydrogen-bond donors (Lipinski definition) is 0. The Morgan fingerprint density at radius 1 is 0.923 bits per heavy atom. The largest absolute Gasteiger partial charge is 0.310 e. The van der Waals surface area contributed by atoms with Crippen LogP contribution in [0.2, 0.25) is 6.32 Å². The van der Waals surface area contributed by atoms with E-state index in [1.807, 2.05) is 20.8 Å². The molecule has 74 valence electrons. The maximum atomic E-state index is 11.5. The van der Waals surface area contributed by atoms with Gasteiger partial charge < -0.3 is 9.59 Å². The second-order valence-corrected chi connectivity index (χ2v) is 3.39. The van der Waals surface area contributed by atoms with Gasteiger partial charge in [-0.05, 0) is 12.8 Å². The summed E-state index contributed by atoms with van der Waals surface area (Å²) < 4.78 is 0. The van der Waals surface area contributed by atoms with Crippen molar-refractivity contribution in [2.75, 3.05) is 0 Å². The smallest absolute Gasteiger partial charge is 0.301 e. The van der Waals surface area contributed by atoms with E-state index in [9.17, 15) is 9.59 Å². The predicted octanol–water partition coefficient (Wildman–Crippen LogP) is 2.32. The Morgan fingerprint density at radius 2 is 1.31 bits per heavy atom. The van der Waals surface area contributed by atoms with Crippen molar-refractivity contribution < 1.29 is 9.59 Å². The molecule has 0 fully saturated rings. The molecule has 0 radical (unpaired) electrons. The Morgan fingerprint density at radius 3 is 1.54 bits per heavy atom. The van der Waals surface area contributed by atoms with Gasteiger partial charge >= 0.3 is 6.71 Å². The predicted molar refractivity (Wildman–Crippen MR) is 56.1 cm³/mol. The molecule has 0 N–H and O–H groups in total. The Labute approximate surface area is 81.2 Å². The van der Waals surface area contributed by atoms with Crippen LogP contribution in [0.4, 0.5) is 0 Å². The molecule has 0 spiro atoms. The van der Waals surface area contributed by atoms with Gasteiger partial charge in [0.15, 0.2) is 0 Å². The average Bonchev–Trinajstić information content (AvgIpc) is 2.06. The van der Waals surface area contributed by atoms with E-state index in [2.05, 4.69) is 0 Å². The van der Waals surface area contributed by atoms with Gasteiger partial charge in [-0.15, -0.1) is 0 Å². The van der Waals surface area contributed by atoms with Crippen LogP contribution in [0.3, 0.4) is 0 Å². The third-order valence-corrected chi connectivity index (χ3v) is 2.18. The second kappa shape index (κ2) is 6.87. The highest BCUT2D eigenvalue weighted by molar-refractivity contribution is 7.11. The zero-order valence-corrected chi connectivity index (χ0v) is 8.93. The van der Waals surface area contributed by atoms with Gasteiger partial charge in [0.25, 0.3) is 0 Å². The molecule has 0 aromatic rings. The van der Waals surface area contributed by atoms with Crippen LogP contribution in [0.25, 0.3) is 0 Å². The van der Waals surface area contributed by atoms with Gasteiger partial charge in [-0.25, -0.2) is 0 Å². The minimum atomic E-state index is -0.320. The number of hydrogen-bond acceptors (Lipinski definition) is 2. The molecule has 0 amide bonds. The zero-order chi connectivity index (χ0) is 10.3. The molecule has 0 heterocycles. The fourth-order valence-electron chi connectivity index (χ4n) is 1.48. The Kier molecular flexibility index (Phi) is 6.56. The molecule has 0 aliphatic rings. The van der Waals surface area contributed by atoms with Crippen molar-refractivity contribution in [1.29, 1.82) is 0 Å². The molecule has 2 nitrogen and oxygen atoms in total. The molecule has 0 aromatic heterocycles. The summed E-state index contributed by atoms with van der Waals surface area (Å²) in [7, 11) is 0. The summed E-state index contributed by atoms with van der Waals surface area (Å²) in [6.07, 6.45) is 3.45. The summed E-state index contributed by atoms with van der Waals surface area (Å²) in [6.45, 7) is 5.52. The van der Waals surface area contributed by atoms with Crippen molar-refractivity contribution in [3.63, 3.8) is 0 Å². The normalized spacial score (nSPS) is 9.77. The molecule has 0 aliphatic heterocycles. The molecule has 13 heavy (non-hydrogen) atoms.